The SMILES string of the molecule is [CH2]CCCCCCCCCCCCCl. The van der Waals surface area contributed by atoms with Gasteiger partial charge in [-0.1, -0.05) is 71.1 Å². The smallest absolute Gasteiger partial charge is 0.0223 e. The van der Waals surface area contributed by atoms with Crippen molar-refractivity contribution in [3.63, 3.8) is 0 Å². The van der Waals surface area contributed by atoms with Gasteiger partial charge in [0.05, 0.1) is 0 Å². The van der Waals surface area contributed by atoms with Crippen LogP contribution in [0.1, 0.15) is 70.6 Å². The molecule has 0 rings (SSSR count). The van der Waals surface area contributed by atoms with Crippen LogP contribution in [0, 0.1) is 6.92 Å². The zero-order valence-corrected chi connectivity index (χ0v) is 10.3. The third-order valence-electron chi connectivity index (χ3n) is 2.63. The van der Waals surface area contributed by atoms with E-state index in [-0.39, 0.29) is 0 Å². The fourth-order valence-electron chi connectivity index (χ4n) is 1.69. The van der Waals surface area contributed by atoms with E-state index in [9.17, 15) is 0 Å². The average Bonchev–Trinajstić information content (AvgIpc) is 2.21. The number of halogens is 1. The van der Waals surface area contributed by atoms with E-state index in [1.807, 2.05) is 0 Å². The van der Waals surface area contributed by atoms with E-state index in [1.165, 1.54) is 64.2 Å². The molecule has 0 N–H and O–H groups in total. The lowest BCUT2D eigenvalue weighted by atomic mass is 10.1. The summed E-state index contributed by atoms with van der Waals surface area (Å²) in [6.07, 6.45) is 14.8. The molecule has 0 saturated carbocycles. The Balaban J connectivity index is 2.78. The van der Waals surface area contributed by atoms with E-state index in [0.717, 1.165) is 12.3 Å². The molecule has 0 unspecified atom stereocenters. The van der Waals surface area contributed by atoms with Crippen LogP contribution >= 0.6 is 11.6 Å². The highest BCUT2D eigenvalue weighted by molar-refractivity contribution is 6.17. The Morgan fingerprint density at radius 2 is 0.929 bits per heavy atom. The van der Waals surface area contributed by atoms with Crippen molar-refractivity contribution in [1.29, 1.82) is 0 Å². The molecule has 0 atom stereocenters. The molecule has 0 aliphatic rings. The molecule has 0 nitrogen and oxygen atoms in total. The summed E-state index contributed by atoms with van der Waals surface area (Å²) in [5.41, 5.74) is 0. The molecular weight excluding hydrogens is 192 g/mol. The number of hydrogen-bond acceptors (Lipinski definition) is 0. The molecule has 0 aliphatic heterocycles. The highest BCUT2D eigenvalue weighted by atomic mass is 35.5. The maximum atomic E-state index is 5.61. The number of rotatable bonds is 11. The van der Waals surface area contributed by atoms with Gasteiger partial charge in [-0.15, -0.1) is 11.6 Å². The van der Waals surface area contributed by atoms with Gasteiger partial charge in [0.15, 0.2) is 0 Å². The third-order valence-corrected chi connectivity index (χ3v) is 2.90. The molecular formula is C13H26Cl. The summed E-state index contributed by atoms with van der Waals surface area (Å²) in [7, 11) is 0. The Morgan fingerprint density at radius 1 is 0.571 bits per heavy atom. The molecule has 0 spiro atoms. The largest absolute Gasteiger partial charge is 0.127 e. The molecule has 0 fully saturated rings. The normalized spacial score (nSPS) is 10.7. The molecule has 0 heterocycles. The summed E-state index contributed by atoms with van der Waals surface area (Å²) >= 11 is 5.61. The molecule has 0 saturated heterocycles. The molecule has 85 valence electrons. The molecule has 0 amide bonds. The molecule has 1 heteroatoms. The fourth-order valence-corrected chi connectivity index (χ4v) is 1.87. The van der Waals surface area contributed by atoms with Crippen LogP contribution in [-0.4, -0.2) is 5.88 Å². The standard InChI is InChI=1S/C13H26Cl/c1-2-3-4-5-6-7-8-9-10-11-12-13-14/h1-13H2. The summed E-state index contributed by atoms with van der Waals surface area (Å²) in [5.74, 6) is 0.838. The van der Waals surface area contributed by atoms with Crippen molar-refractivity contribution < 1.29 is 0 Å². The fraction of sp³-hybridized carbons (Fsp3) is 0.923. The predicted octanol–water partition coefficient (Wildman–Crippen LogP) is 5.35. The predicted molar refractivity (Wildman–Crippen MR) is 66.9 cm³/mol. The van der Waals surface area contributed by atoms with Gasteiger partial charge >= 0.3 is 0 Å². The molecule has 1 radical (unpaired) electrons. The third kappa shape index (κ3) is 12.3. The summed E-state index contributed by atoms with van der Waals surface area (Å²) in [4.78, 5) is 0. The number of alkyl halides is 1. The van der Waals surface area contributed by atoms with Gasteiger partial charge in [0.25, 0.3) is 0 Å². The lowest BCUT2D eigenvalue weighted by molar-refractivity contribution is 0.558. The van der Waals surface area contributed by atoms with Crippen LogP contribution in [0.25, 0.3) is 0 Å². The lowest BCUT2D eigenvalue weighted by Gasteiger charge is -2.01. The summed E-state index contributed by atoms with van der Waals surface area (Å²) < 4.78 is 0. The van der Waals surface area contributed by atoms with Crippen LogP contribution in [0.4, 0.5) is 0 Å². The molecule has 0 bridgehead atoms. The first-order valence-electron chi connectivity index (χ1n) is 6.27. The second-order valence-corrected chi connectivity index (χ2v) is 4.46. The Morgan fingerprint density at radius 3 is 1.29 bits per heavy atom. The maximum Gasteiger partial charge on any atom is 0.0223 e. The second-order valence-electron chi connectivity index (χ2n) is 4.08. The van der Waals surface area contributed by atoms with Gasteiger partial charge in [0, 0.05) is 5.88 Å². The Hall–Kier alpha value is 0.290. The summed E-state index contributed by atoms with van der Waals surface area (Å²) in [6.45, 7) is 3.85. The van der Waals surface area contributed by atoms with Crippen molar-refractivity contribution in [2.24, 2.45) is 0 Å². The molecule has 0 aromatic carbocycles. The van der Waals surface area contributed by atoms with Crippen LogP contribution in [0.3, 0.4) is 0 Å². The van der Waals surface area contributed by atoms with Gasteiger partial charge in [-0.25, -0.2) is 0 Å². The second kappa shape index (κ2) is 13.3. The first-order chi connectivity index (χ1) is 6.91. The maximum absolute atomic E-state index is 5.61. The quantitative estimate of drug-likeness (QED) is 0.323. The van der Waals surface area contributed by atoms with E-state index in [1.54, 1.807) is 0 Å². The van der Waals surface area contributed by atoms with E-state index in [2.05, 4.69) is 6.92 Å². The van der Waals surface area contributed by atoms with Gasteiger partial charge in [-0.2, -0.15) is 0 Å². The topological polar surface area (TPSA) is 0 Å². The molecule has 0 aromatic rings. The van der Waals surface area contributed by atoms with Gasteiger partial charge < -0.3 is 0 Å². The van der Waals surface area contributed by atoms with Crippen LogP contribution in [0.15, 0.2) is 0 Å². The van der Waals surface area contributed by atoms with Gasteiger partial charge in [-0.05, 0) is 6.42 Å². The average molecular weight is 218 g/mol. The highest BCUT2D eigenvalue weighted by Crippen LogP contribution is 2.11. The van der Waals surface area contributed by atoms with Gasteiger partial charge in [0.1, 0.15) is 0 Å². The number of unbranched alkanes of at least 4 members (excludes halogenated alkanes) is 10. The minimum Gasteiger partial charge on any atom is -0.127 e. The molecule has 0 aliphatic carbocycles. The van der Waals surface area contributed by atoms with E-state index >= 15 is 0 Å². The van der Waals surface area contributed by atoms with E-state index in [0.29, 0.717) is 0 Å². The van der Waals surface area contributed by atoms with E-state index < -0.39 is 0 Å². The van der Waals surface area contributed by atoms with Crippen molar-refractivity contribution in [3.05, 3.63) is 6.92 Å². The summed E-state index contributed by atoms with van der Waals surface area (Å²) in [6, 6.07) is 0. The lowest BCUT2D eigenvalue weighted by Crippen LogP contribution is -1.82. The van der Waals surface area contributed by atoms with Crippen LogP contribution < -0.4 is 0 Å². The van der Waals surface area contributed by atoms with E-state index in [4.69, 9.17) is 11.6 Å². The minimum absolute atomic E-state index is 0.838. The zero-order chi connectivity index (χ0) is 10.5. The first-order valence-corrected chi connectivity index (χ1v) is 6.80. The minimum atomic E-state index is 0.838. The van der Waals surface area contributed by atoms with Crippen molar-refractivity contribution in [2.45, 2.75) is 70.6 Å². The summed E-state index contributed by atoms with van der Waals surface area (Å²) in [5, 5.41) is 0. The van der Waals surface area contributed by atoms with Crippen molar-refractivity contribution in [1.82, 2.24) is 0 Å². The monoisotopic (exact) mass is 217 g/mol. The molecule has 0 aromatic heterocycles. The number of hydrogen-bond donors (Lipinski definition) is 0. The van der Waals surface area contributed by atoms with Crippen molar-refractivity contribution in [2.75, 3.05) is 5.88 Å². The Bertz CT molecular complexity index is 79.2. The van der Waals surface area contributed by atoms with Crippen LogP contribution in [0.2, 0.25) is 0 Å². The van der Waals surface area contributed by atoms with Gasteiger partial charge in [-0.3, -0.25) is 0 Å². The zero-order valence-electron chi connectivity index (χ0n) is 9.57. The van der Waals surface area contributed by atoms with Crippen molar-refractivity contribution in [3.8, 4) is 0 Å². The molecule has 14 heavy (non-hydrogen) atoms. The Labute approximate surface area is 95.4 Å². The van der Waals surface area contributed by atoms with Crippen molar-refractivity contribution >= 4 is 11.6 Å². The van der Waals surface area contributed by atoms with Gasteiger partial charge in [0.2, 0.25) is 0 Å². The highest BCUT2D eigenvalue weighted by Gasteiger charge is 1.91. The first kappa shape index (κ1) is 14.3. The van der Waals surface area contributed by atoms with Crippen LogP contribution in [-0.2, 0) is 0 Å². The Kier molecular flexibility index (Phi) is 13.6. The van der Waals surface area contributed by atoms with Crippen LogP contribution in [0.5, 0.6) is 0 Å².